The van der Waals surface area contributed by atoms with Crippen LogP contribution in [0, 0.1) is 0 Å². The van der Waals surface area contributed by atoms with Gasteiger partial charge < -0.3 is 10.2 Å². The zero-order chi connectivity index (χ0) is 36.0. The first-order chi connectivity index (χ1) is 23.8. The zero-order valence-corrected chi connectivity index (χ0v) is 33.7. The fourth-order valence-electron chi connectivity index (χ4n) is 6.24. The van der Waals surface area contributed by atoms with Crippen LogP contribution in [-0.2, 0) is 55.0 Å². The summed E-state index contributed by atoms with van der Waals surface area (Å²) in [6.07, 6.45) is 18.1. The summed E-state index contributed by atoms with van der Waals surface area (Å²) < 4.78 is 0. The minimum atomic E-state index is -0.334. The standard InChI is InChI=1S/C31H46N2.C14H22O2.Ni/c1-7-13-15-17-31(33-29-21-19-25(10-4)27(12-6)23-29)30(16-14-8-2)32-28-20-18-24(9-3)26(11-5)22-28;1-3-5-7-11-9-12(8-6-4-2)14(16)13(15)10-11;/h18-23H,7-17H2,1-6H3;9-10,15-16H,3-8H2,1-2H3;/q;;+2/p-2. The molecule has 0 heterocycles. The summed E-state index contributed by atoms with van der Waals surface area (Å²) in [6.45, 7) is 17.7. The maximum Gasteiger partial charge on any atom is 2.00 e. The number of nitrogens with zero attached hydrogens (tertiary/aromatic N) is 2. The van der Waals surface area contributed by atoms with Crippen LogP contribution in [0.1, 0.15) is 159 Å². The van der Waals surface area contributed by atoms with Crippen molar-refractivity contribution in [1.82, 2.24) is 0 Å². The largest absolute Gasteiger partial charge is 2.00 e. The molecule has 5 heteroatoms. The minimum absolute atomic E-state index is 0. The van der Waals surface area contributed by atoms with Crippen molar-refractivity contribution >= 4 is 22.8 Å². The first-order valence-corrected chi connectivity index (χ1v) is 19.7. The van der Waals surface area contributed by atoms with E-state index >= 15 is 0 Å². The minimum Gasteiger partial charge on any atom is -0.873 e. The van der Waals surface area contributed by atoms with Crippen molar-refractivity contribution in [2.75, 3.05) is 0 Å². The Hall–Kier alpha value is -2.91. The van der Waals surface area contributed by atoms with E-state index in [2.05, 4.69) is 91.8 Å². The van der Waals surface area contributed by atoms with Gasteiger partial charge in [0.05, 0.1) is 22.8 Å². The van der Waals surface area contributed by atoms with E-state index < -0.39 is 0 Å². The van der Waals surface area contributed by atoms with Gasteiger partial charge >= 0.3 is 16.5 Å². The normalized spacial score (nSPS) is 11.6. The van der Waals surface area contributed by atoms with Gasteiger partial charge in [0.2, 0.25) is 0 Å². The molecule has 0 atom stereocenters. The molecule has 3 aromatic rings. The molecule has 3 aromatic carbocycles. The number of unbranched alkanes of at least 4 members (excludes halogenated alkanes) is 5. The van der Waals surface area contributed by atoms with Gasteiger partial charge in [-0.05, 0) is 129 Å². The van der Waals surface area contributed by atoms with Crippen LogP contribution in [0.25, 0.3) is 0 Å². The molecule has 0 aromatic heterocycles. The summed E-state index contributed by atoms with van der Waals surface area (Å²) >= 11 is 0. The molecule has 4 nitrogen and oxygen atoms in total. The molecular weight excluding hydrogens is 659 g/mol. The van der Waals surface area contributed by atoms with Crippen LogP contribution in [0.4, 0.5) is 11.4 Å². The molecule has 0 N–H and O–H groups in total. The molecular formula is C45H66N2NiO2. The third-order valence-electron chi connectivity index (χ3n) is 9.36. The molecule has 0 amide bonds. The van der Waals surface area contributed by atoms with Crippen LogP contribution in [0.3, 0.4) is 0 Å². The van der Waals surface area contributed by atoms with E-state index in [0.717, 1.165) is 100 Å². The Morgan fingerprint density at radius 2 is 0.940 bits per heavy atom. The van der Waals surface area contributed by atoms with Crippen LogP contribution in [-0.4, -0.2) is 11.4 Å². The molecule has 0 aliphatic rings. The van der Waals surface area contributed by atoms with E-state index in [1.807, 2.05) is 6.07 Å². The van der Waals surface area contributed by atoms with E-state index in [9.17, 15) is 10.2 Å². The van der Waals surface area contributed by atoms with Crippen LogP contribution in [0.15, 0.2) is 58.5 Å². The fraction of sp³-hybridized carbons (Fsp3) is 0.556. The first-order valence-electron chi connectivity index (χ1n) is 19.7. The number of rotatable bonds is 20. The molecule has 50 heavy (non-hydrogen) atoms. The Morgan fingerprint density at radius 3 is 1.40 bits per heavy atom. The number of aryl methyl sites for hydroxylation is 6. The molecule has 278 valence electrons. The van der Waals surface area contributed by atoms with Crippen LogP contribution >= 0.6 is 0 Å². The van der Waals surface area contributed by atoms with E-state index in [-0.39, 0.29) is 28.0 Å². The summed E-state index contributed by atoms with van der Waals surface area (Å²) in [5.41, 5.74) is 12.0. The Balaban J connectivity index is 0.000000618. The van der Waals surface area contributed by atoms with E-state index in [4.69, 9.17) is 9.98 Å². The van der Waals surface area contributed by atoms with Crippen molar-refractivity contribution in [3.8, 4) is 11.5 Å². The first kappa shape index (κ1) is 45.1. The monoisotopic (exact) mass is 724 g/mol. The van der Waals surface area contributed by atoms with Gasteiger partial charge in [-0.1, -0.05) is 117 Å². The van der Waals surface area contributed by atoms with Crippen LogP contribution < -0.4 is 10.2 Å². The average molecular weight is 726 g/mol. The van der Waals surface area contributed by atoms with E-state index in [1.165, 1.54) is 65.4 Å². The van der Waals surface area contributed by atoms with Gasteiger partial charge in [-0.25, -0.2) is 0 Å². The fourth-order valence-corrected chi connectivity index (χ4v) is 6.24. The molecule has 0 spiro atoms. The Labute approximate surface area is 316 Å². The van der Waals surface area contributed by atoms with Crippen LogP contribution in [0.2, 0.25) is 0 Å². The predicted molar refractivity (Wildman–Crippen MR) is 211 cm³/mol. The summed E-state index contributed by atoms with van der Waals surface area (Å²) in [6, 6.07) is 16.9. The summed E-state index contributed by atoms with van der Waals surface area (Å²) in [4.78, 5) is 10.4. The second-order valence-corrected chi connectivity index (χ2v) is 13.3. The summed E-state index contributed by atoms with van der Waals surface area (Å²) in [7, 11) is 0. The van der Waals surface area contributed by atoms with Gasteiger partial charge in [0.25, 0.3) is 0 Å². The van der Waals surface area contributed by atoms with Gasteiger partial charge in [-0.3, -0.25) is 9.98 Å². The summed E-state index contributed by atoms with van der Waals surface area (Å²) in [5, 5.41) is 23.1. The molecule has 0 aliphatic carbocycles. The quantitative estimate of drug-likeness (QED) is 0.0661. The van der Waals surface area contributed by atoms with Gasteiger partial charge in [0, 0.05) is 0 Å². The third-order valence-corrected chi connectivity index (χ3v) is 9.36. The number of aliphatic imine (C=N–C) groups is 2. The SMILES string of the molecule is CCCCCC(=Nc1ccc(CC)c(CC)c1)C(CCCC)=Nc1ccc(CC)c(CC)c1.CCCCc1cc([O-])c([O-])c(CCCC)c1.[Ni+2]. The van der Waals surface area contributed by atoms with E-state index in [1.54, 1.807) is 0 Å². The van der Waals surface area contributed by atoms with Crippen molar-refractivity contribution in [3.63, 3.8) is 0 Å². The van der Waals surface area contributed by atoms with Gasteiger partial charge in [0.1, 0.15) is 0 Å². The Kier molecular flexibility index (Phi) is 23.4. The molecule has 0 saturated heterocycles. The topological polar surface area (TPSA) is 70.8 Å². The van der Waals surface area contributed by atoms with Crippen LogP contribution in [0.5, 0.6) is 11.5 Å². The van der Waals surface area contributed by atoms with Crippen molar-refractivity contribution < 1.29 is 26.7 Å². The van der Waals surface area contributed by atoms with E-state index in [0.29, 0.717) is 5.56 Å². The molecule has 3 rings (SSSR count). The second kappa shape index (κ2) is 26.0. The molecule has 0 saturated carbocycles. The molecule has 0 unspecified atom stereocenters. The number of benzene rings is 3. The molecule has 0 aliphatic heterocycles. The van der Waals surface area contributed by atoms with Crippen molar-refractivity contribution in [2.45, 2.75) is 165 Å². The smallest absolute Gasteiger partial charge is 0.873 e. The zero-order valence-electron chi connectivity index (χ0n) is 32.7. The maximum absolute atomic E-state index is 11.6. The van der Waals surface area contributed by atoms with Gasteiger partial charge in [-0.2, -0.15) is 0 Å². The van der Waals surface area contributed by atoms with Gasteiger partial charge in [-0.15, -0.1) is 11.5 Å². The molecule has 0 bridgehead atoms. The van der Waals surface area contributed by atoms with Gasteiger partial charge in [0.15, 0.2) is 0 Å². The van der Waals surface area contributed by atoms with Crippen molar-refractivity contribution in [2.24, 2.45) is 9.98 Å². The Bertz CT molecular complexity index is 1460. The van der Waals surface area contributed by atoms with Crippen molar-refractivity contribution in [1.29, 1.82) is 0 Å². The molecule has 0 radical (unpaired) electrons. The summed E-state index contributed by atoms with van der Waals surface area (Å²) in [5.74, 6) is -0.631. The third kappa shape index (κ3) is 15.1. The second-order valence-electron chi connectivity index (χ2n) is 13.3. The number of hydrogen-bond donors (Lipinski definition) is 0. The Morgan fingerprint density at radius 1 is 0.480 bits per heavy atom. The average Bonchev–Trinajstić information content (AvgIpc) is 3.12. The maximum atomic E-state index is 11.6. The predicted octanol–water partition coefficient (Wildman–Crippen LogP) is 12.1. The number of hydrogen-bond acceptors (Lipinski definition) is 4. The molecule has 0 fully saturated rings. The van der Waals surface area contributed by atoms with Crippen molar-refractivity contribution in [3.05, 3.63) is 81.9 Å².